The minimum absolute atomic E-state index is 0.0750. The zero-order valence-electron chi connectivity index (χ0n) is 15.6. The summed E-state index contributed by atoms with van der Waals surface area (Å²) in [6, 6.07) is 6.71. The number of amides is 2. The number of carbonyl (C=O) groups is 1. The van der Waals surface area contributed by atoms with E-state index in [1.807, 2.05) is 23.1 Å². The maximum Gasteiger partial charge on any atom is 0.321 e. The molecule has 0 aliphatic carbocycles. The van der Waals surface area contributed by atoms with E-state index >= 15 is 0 Å². The van der Waals surface area contributed by atoms with Crippen molar-refractivity contribution in [3.63, 3.8) is 0 Å². The molecule has 0 radical (unpaired) electrons. The quantitative estimate of drug-likeness (QED) is 0.842. The van der Waals surface area contributed by atoms with Crippen molar-refractivity contribution < 1.29 is 9.53 Å². The number of hydrogen-bond acceptors (Lipinski definition) is 4. The predicted molar refractivity (Wildman–Crippen MR) is 106 cm³/mol. The number of carbonyl (C=O) groups excluding carboxylic acids is 1. The second-order valence-corrected chi connectivity index (χ2v) is 7.68. The summed E-state index contributed by atoms with van der Waals surface area (Å²) in [6.45, 7) is 9.03. The molecule has 2 heterocycles. The van der Waals surface area contributed by atoms with Crippen molar-refractivity contribution in [3.8, 4) is 0 Å². The van der Waals surface area contributed by atoms with E-state index in [-0.39, 0.29) is 6.03 Å². The minimum atomic E-state index is -0.0750. The van der Waals surface area contributed by atoms with Crippen LogP contribution in [-0.4, -0.2) is 62.4 Å². The number of piperidine rings is 1. The average Bonchev–Trinajstić information content (AvgIpc) is 2.64. The van der Waals surface area contributed by atoms with E-state index < -0.39 is 0 Å². The number of morpholine rings is 1. The van der Waals surface area contributed by atoms with Crippen LogP contribution in [0.3, 0.4) is 0 Å². The second kappa shape index (κ2) is 8.93. The van der Waals surface area contributed by atoms with Gasteiger partial charge in [0.05, 0.1) is 23.9 Å². The zero-order chi connectivity index (χ0) is 18.5. The van der Waals surface area contributed by atoms with Crippen molar-refractivity contribution in [2.75, 3.05) is 49.6 Å². The van der Waals surface area contributed by atoms with Gasteiger partial charge in [0, 0.05) is 44.0 Å². The van der Waals surface area contributed by atoms with E-state index in [2.05, 4.69) is 29.4 Å². The van der Waals surface area contributed by atoms with Gasteiger partial charge in [0.15, 0.2) is 0 Å². The first-order valence-electron chi connectivity index (χ1n) is 9.47. The van der Waals surface area contributed by atoms with Gasteiger partial charge >= 0.3 is 6.03 Å². The molecule has 2 N–H and O–H groups in total. The Balaban J connectivity index is 1.54. The molecule has 6 nitrogen and oxygen atoms in total. The maximum absolute atomic E-state index is 12.5. The van der Waals surface area contributed by atoms with Crippen LogP contribution in [0.1, 0.15) is 26.7 Å². The van der Waals surface area contributed by atoms with Gasteiger partial charge in [-0.05, 0) is 31.0 Å². The molecule has 1 aromatic carbocycles. The van der Waals surface area contributed by atoms with Gasteiger partial charge in [0.2, 0.25) is 0 Å². The molecule has 0 aromatic heterocycles. The lowest BCUT2D eigenvalue weighted by atomic mass is 10.0. The summed E-state index contributed by atoms with van der Waals surface area (Å²) in [5.74, 6) is 0. The average molecular weight is 381 g/mol. The Morgan fingerprint density at radius 3 is 2.50 bits per heavy atom. The summed E-state index contributed by atoms with van der Waals surface area (Å²) in [7, 11) is 0. The second-order valence-electron chi connectivity index (χ2n) is 7.28. The van der Waals surface area contributed by atoms with Gasteiger partial charge in [-0.15, -0.1) is 0 Å². The van der Waals surface area contributed by atoms with Crippen molar-refractivity contribution in [2.45, 2.75) is 38.8 Å². The van der Waals surface area contributed by atoms with Crippen molar-refractivity contribution >= 4 is 29.0 Å². The van der Waals surface area contributed by atoms with Gasteiger partial charge in [-0.25, -0.2) is 4.79 Å². The Morgan fingerprint density at radius 2 is 1.88 bits per heavy atom. The van der Waals surface area contributed by atoms with Crippen LogP contribution < -0.4 is 15.5 Å². The summed E-state index contributed by atoms with van der Waals surface area (Å²) in [6.07, 6.45) is 1.96. The summed E-state index contributed by atoms with van der Waals surface area (Å²) < 4.78 is 5.38. The van der Waals surface area contributed by atoms with Crippen LogP contribution in [0.2, 0.25) is 5.02 Å². The fourth-order valence-corrected chi connectivity index (χ4v) is 3.76. The highest BCUT2D eigenvalue weighted by molar-refractivity contribution is 6.34. The molecule has 2 aliphatic rings. The van der Waals surface area contributed by atoms with Crippen LogP contribution in [0.25, 0.3) is 0 Å². The molecule has 0 atom stereocenters. The van der Waals surface area contributed by atoms with Crippen LogP contribution in [0.15, 0.2) is 18.2 Å². The number of likely N-dealkylation sites (tertiary alicyclic amines) is 1. The molecule has 2 aliphatic heterocycles. The summed E-state index contributed by atoms with van der Waals surface area (Å²) in [5, 5.41) is 7.07. The molecule has 0 spiro atoms. The standard InChI is InChI=1S/C19H29ClN4O2/c1-14(2)21-15-5-7-24(8-6-15)19(25)22-18-4-3-16(13-17(18)20)23-9-11-26-12-10-23/h3-4,13-15,21H,5-12H2,1-2H3,(H,22,25). The van der Waals surface area contributed by atoms with Gasteiger partial charge in [-0.1, -0.05) is 25.4 Å². The Labute approximate surface area is 160 Å². The Bertz CT molecular complexity index is 612. The van der Waals surface area contributed by atoms with Gasteiger partial charge < -0.3 is 25.2 Å². The SMILES string of the molecule is CC(C)NC1CCN(C(=O)Nc2ccc(N3CCOCC3)cc2Cl)CC1. The topological polar surface area (TPSA) is 56.8 Å². The van der Waals surface area contributed by atoms with E-state index in [1.54, 1.807) is 0 Å². The zero-order valence-corrected chi connectivity index (χ0v) is 16.4. The van der Waals surface area contributed by atoms with Crippen LogP contribution in [0.4, 0.5) is 16.2 Å². The molecule has 1 aromatic rings. The van der Waals surface area contributed by atoms with Gasteiger partial charge in [0.25, 0.3) is 0 Å². The number of nitrogens with one attached hydrogen (secondary N) is 2. The third-order valence-corrected chi connectivity index (χ3v) is 5.23. The summed E-state index contributed by atoms with van der Waals surface area (Å²) >= 11 is 6.41. The molecule has 0 unspecified atom stereocenters. The summed E-state index contributed by atoms with van der Waals surface area (Å²) in [5.41, 5.74) is 1.73. The predicted octanol–water partition coefficient (Wildman–Crippen LogP) is 3.17. The van der Waals surface area contributed by atoms with Crippen LogP contribution in [0.5, 0.6) is 0 Å². The molecule has 2 fully saturated rings. The van der Waals surface area contributed by atoms with Crippen molar-refractivity contribution in [3.05, 3.63) is 23.2 Å². The monoisotopic (exact) mass is 380 g/mol. The lowest BCUT2D eigenvalue weighted by Gasteiger charge is -2.33. The molecule has 0 bridgehead atoms. The van der Waals surface area contributed by atoms with Crippen molar-refractivity contribution in [1.82, 2.24) is 10.2 Å². The molecule has 2 saturated heterocycles. The third kappa shape index (κ3) is 5.02. The number of benzene rings is 1. The Hall–Kier alpha value is -1.50. The highest BCUT2D eigenvalue weighted by Crippen LogP contribution is 2.28. The largest absolute Gasteiger partial charge is 0.378 e. The summed E-state index contributed by atoms with van der Waals surface area (Å²) in [4.78, 5) is 16.7. The molecule has 7 heteroatoms. The fourth-order valence-electron chi connectivity index (χ4n) is 3.54. The maximum atomic E-state index is 12.5. The number of nitrogens with zero attached hydrogens (tertiary/aromatic N) is 2. The lowest BCUT2D eigenvalue weighted by Crippen LogP contribution is -2.47. The highest BCUT2D eigenvalue weighted by atomic mass is 35.5. The number of halogens is 1. The number of hydrogen-bond donors (Lipinski definition) is 2. The third-order valence-electron chi connectivity index (χ3n) is 4.92. The van der Waals surface area contributed by atoms with Gasteiger partial charge in [0.1, 0.15) is 0 Å². The fraction of sp³-hybridized carbons (Fsp3) is 0.632. The van der Waals surface area contributed by atoms with Crippen molar-refractivity contribution in [1.29, 1.82) is 0 Å². The van der Waals surface area contributed by atoms with Gasteiger partial charge in [-0.3, -0.25) is 0 Å². The minimum Gasteiger partial charge on any atom is -0.378 e. The van der Waals surface area contributed by atoms with E-state index in [0.29, 0.717) is 22.8 Å². The Morgan fingerprint density at radius 1 is 1.19 bits per heavy atom. The lowest BCUT2D eigenvalue weighted by molar-refractivity contribution is 0.122. The molecular weight excluding hydrogens is 352 g/mol. The van der Waals surface area contributed by atoms with E-state index in [4.69, 9.17) is 16.3 Å². The van der Waals surface area contributed by atoms with Crippen molar-refractivity contribution in [2.24, 2.45) is 0 Å². The number of ether oxygens (including phenoxy) is 1. The smallest absolute Gasteiger partial charge is 0.321 e. The van der Waals surface area contributed by atoms with E-state index in [0.717, 1.165) is 57.9 Å². The highest BCUT2D eigenvalue weighted by Gasteiger charge is 2.23. The first kappa shape index (κ1) is 19.3. The van der Waals surface area contributed by atoms with Crippen LogP contribution in [-0.2, 0) is 4.74 Å². The molecule has 3 rings (SSSR count). The molecule has 26 heavy (non-hydrogen) atoms. The molecule has 2 amide bonds. The van der Waals surface area contributed by atoms with Crippen LogP contribution >= 0.6 is 11.6 Å². The first-order chi connectivity index (χ1) is 12.5. The molecule has 144 valence electrons. The Kier molecular flexibility index (Phi) is 6.62. The number of rotatable bonds is 4. The first-order valence-corrected chi connectivity index (χ1v) is 9.85. The van der Waals surface area contributed by atoms with Gasteiger partial charge in [-0.2, -0.15) is 0 Å². The van der Waals surface area contributed by atoms with Crippen LogP contribution in [0, 0.1) is 0 Å². The van der Waals surface area contributed by atoms with E-state index in [9.17, 15) is 4.79 Å². The molecular formula is C19H29ClN4O2. The molecule has 0 saturated carbocycles. The van der Waals surface area contributed by atoms with E-state index in [1.165, 1.54) is 0 Å². The number of anilines is 2. The number of urea groups is 1. The normalized spacial score (nSPS) is 19.1.